The minimum Gasteiger partial charge on any atom is -0.465 e. The average Bonchev–Trinajstić information content (AvgIpc) is 2.75. The third kappa shape index (κ3) is 3.81. The molecule has 1 aromatic heterocycles. The largest absolute Gasteiger partial charge is 0.465 e. The van der Waals surface area contributed by atoms with Crippen LogP contribution in [-0.2, 0) is 6.54 Å². The summed E-state index contributed by atoms with van der Waals surface area (Å²) in [6.45, 7) is 10.7. The molecule has 0 aliphatic carbocycles. The predicted octanol–water partition coefficient (Wildman–Crippen LogP) is 1.87. The number of aryl methyl sites for hydroxylation is 1. The Balaban J connectivity index is 1.94. The lowest BCUT2D eigenvalue weighted by atomic mass is 10.1. The number of hydrogen-bond acceptors (Lipinski definition) is 4. The zero-order chi connectivity index (χ0) is 13.8. The first-order valence-corrected chi connectivity index (χ1v) is 7.24. The lowest BCUT2D eigenvalue weighted by Crippen LogP contribution is -2.55. The van der Waals surface area contributed by atoms with Crippen molar-refractivity contribution in [1.82, 2.24) is 9.80 Å². The molecule has 2 rings (SSSR count). The quantitative estimate of drug-likeness (QED) is 0.883. The molecule has 0 bridgehead atoms. The minimum absolute atomic E-state index is 0.265. The Hall–Kier alpha value is -0.840. The molecule has 4 heteroatoms. The molecule has 1 N–H and O–H groups in total. The molecule has 0 unspecified atom stereocenters. The Kier molecular flexibility index (Phi) is 5.02. The smallest absolute Gasteiger partial charge is 0.118 e. The number of nitrogens with zero attached hydrogens (tertiary/aromatic N) is 2. The second-order valence-electron chi connectivity index (χ2n) is 5.75. The first-order chi connectivity index (χ1) is 9.10. The van der Waals surface area contributed by atoms with Crippen molar-refractivity contribution in [2.75, 3.05) is 26.2 Å². The molecule has 4 nitrogen and oxygen atoms in total. The number of hydrogen-bond donors (Lipinski definition) is 1. The average molecular weight is 266 g/mol. The summed E-state index contributed by atoms with van der Waals surface area (Å²) in [6, 6.07) is 5.08. The van der Waals surface area contributed by atoms with Gasteiger partial charge in [0.15, 0.2) is 0 Å². The van der Waals surface area contributed by atoms with E-state index in [0.29, 0.717) is 12.1 Å². The van der Waals surface area contributed by atoms with E-state index in [9.17, 15) is 5.11 Å². The van der Waals surface area contributed by atoms with E-state index in [1.54, 1.807) is 0 Å². The molecule has 0 spiro atoms. The van der Waals surface area contributed by atoms with Crippen molar-refractivity contribution in [2.45, 2.75) is 45.8 Å². The summed E-state index contributed by atoms with van der Waals surface area (Å²) in [5, 5.41) is 9.23. The lowest BCUT2D eigenvalue weighted by molar-refractivity contribution is 0.0322. The van der Waals surface area contributed by atoms with Crippen LogP contribution in [0.1, 0.15) is 31.8 Å². The first kappa shape index (κ1) is 14.6. The summed E-state index contributed by atoms with van der Waals surface area (Å²) >= 11 is 0. The van der Waals surface area contributed by atoms with Gasteiger partial charge >= 0.3 is 0 Å². The van der Waals surface area contributed by atoms with Crippen LogP contribution in [0.2, 0.25) is 0 Å². The molecule has 1 fully saturated rings. The standard InChI is InChI=1S/C15H26N2O2/c1-12(2)17-8-7-16(10-14(17)6-9-18)11-15-5-4-13(3)19-15/h4-5,12,14,18H,6-11H2,1-3H3/t14-/m1/s1. The van der Waals surface area contributed by atoms with Crippen molar-refractivity contribution in [1.29, 1.82) is 0 Å². The Morgan fingerprint density at radius 3 is 2.74 bits per heavy atom. The van der Waals surface area contributed by atoms with Gasteiger partial charge in [-0.1, -0.05) is 0 Å². The van der Waals surface area contributed by atoms with Gasteiger partial charge in [-0.15, -0.1) is 0 Å². The van der Waals surface area contributed by atoms with Crippen molar-refractivity contribution in [3.63, 3.8) is 0 Å². The maximum Gasteiger partial charge on any atom is 0.118 e. The van der Waals surface area contributed by atoms with E-state index in [1.807, 2.05) is 13.0 Å². The zero-order valence-electron chi connectivity index (χ0n) is 12.3. The van der Waals surface area contributed by atoms with Crippen LogP contribution in [0, 0.1) is 6.92 Å². The molecule has 1 aliphatic heterocycles. The molecule has 0 radical (unpaired) electrons. The van der Waals surface area contributed by atoms with E-state index in [1.165, 1.54) is 0 Å². The van der Waals surface area contributed by atoms with Crippen molar-refractivity contribution in [3.8, 4) is 0 Å². The highest BCUT2D eigenvalue weighted by Gasteiger charge is 2.28. The Morgan fingerprint density at radius 1 is 1.37 bits per heavy atom. The molecular formula is C15H26N2O2. The molecular weight excluding hydrogens is 240 g/mol. The van der Waals surface area contributed by atoms with E-state index in [2.05, 4.69) is 29.7 Å². The van der Waals surface area contributed by atoms with Crippen LogP contribution < -0.4 is 0 Å². The molecule has 108 valence electrons. The molecule has 2 heterocycles. The third-order valence-electron chi connectivity index (χ3n) is 3.91. The summed E-state index contributed by atoms with van der Waals surface area (Å²) in [6.07, 6.45) is 0.853. The number of piperazine rings is 1. The van der Waals surface area contributed by atoms with E-state index >= 15 is 0 Å². The molecule has 19 heavy (non-hydrogen) atoms. The van der Waals surface area contributed by atoms with Crippen molar-refractivity contribution in [3.05, 3.63) is 23.7 Å². The van der Waals surface area contributed by atoms with Gasteiger partial charge in [-0.2, -0.15) is 0 Å². The monoisotopic (exact) mass is 266 g/mol. The molecule has 1 aliphatic rings. The van der Waals surface area contributed by atoms with Crippen LogP contribution in [0.15, 0.2) is 16.5 Å². The summed E-state index contributed by atoms with van der Waals surface area (Å²) in [5.74, 6) is 2.01. The van der Waals surface area contributed by atoms with Crippen LogP contribution in [0.5, 0.6) is 0 Å². The Bertz CT molecular complexity index is 389. The first-order valence-electron chi connectivity index (χ1n) is 7.24. The van der Waals surface area contributed by atoms with Crippen molar-refractivity contribution in [2.24, 2.45) is 0 Å². The second-order valence-corrected chi connectivity index (χ2v) is 5.75. The van der Waals surface area contributed by atoms with E-state index < -0.39 is 0 Å². The highest BCUT2D eigenvalue weighted by atomic mass is 16.3. The van der Waals surface area contributed by atoms with Crippen molar-refractivity contribution >= 4 is 0 Å². The van der Waals surface area contributed by atoms with E-state index in [-0.39, 0.29) is 6.61 Å². The summed E-state index contributed by atoms with van der Waals surface area (Å²) in [5.41, 5.74) is 0. The van der Waals surface area contributed by atoms with Crippen LogP contribution in [0.3, 0.4) is 0 Å². The van der Waals surface area contributed by atoms with Gasteiger partial charge in [-0.05, 0) is 39.3 Å². The Labute approximate surface area is 116 Å². The number of aliphatic hydroxyl groups excluding tert-OH is 1. The number of aliphatic hydroxyl groups is 1. The van der Waals surface area contributed by atoms with Crippen molar-refractivity contribution < 1.29 is 9.52 Å². The number of rotatable bonds is 5. The van der Waals surface area contributed by atoms with Gasteiger partial charge in [0.1, 0.15) is 11.5 Å². The van der Waals surface area contributed by atoms with Crippen LogP contribution in [0.25, 0.3) is 0 Å². The van der Waals surface area contributed by atoms with Gasteiger partial charge in [0.05, 0.1) is 6.54 Å². The summed E-state index contributed by atoms with van der Waals surface area (Å²) in [7, 11) is 0. The molecule has 0 aromatic carbocycles. The molecule has 0 saturated carbocycles. The van der Waals surface area contributed by atoms with E-state index in [0.717, 1.165) is 44.1 Å². The lowest BCUT2D eigenvalue weighted by Gasteiger charge is -2.43. The Morgan fingerprint density at radius 2 is 2.16 bits per heavy atom. The highest BCUT2D eigenvalue weighted by molar-refractivity contribution is 5.05. The fourth-order valence-corrected chi connectivity index (χ4v) is 2.95. The predicted molar refractivity (Wildman–Crippen MR) is 76.1 cm³/mol. The van der Waals surface area contributed by atoms with E-state index in [4.69, 9.17) is 4.42 Å². The maximum atomic E-state index is 9.23. The van der Waals surface area contributed by atoms with Gasteiger partial charge in [-0.3, -0.25) is 9.80 Å². The number of furan rings is 1. The van der Waals surface area contributed by atoms with Crippen LogP contribution in [0.4, 0.5) is 0 Å². The topological polar surface area (TPSA) is 39.9 Å². The van der Waals surface area contributed by atoms with Gasteiger partial charge < -0.3 is 9.52 Å². The minimum atomic E-state index is 0.265. The van der Waals surface area contributed by atoms with Crippen LogP contribution in [-0.4, -0.2) is 53.2 Å². The summed E-state index contributed by atoms with van der Waals surface area (Å²) in [4.78, 5) is 4.93. The molecule has 0 amide bonds. The van der Waals surface area contributed by atoms with Crippen LogP contribution >= 0.6 is 0 Å². The zero-order valence-corrected chi connectivity index (χ0v) is 12.3. The fraction of sp³-hybridized carbons (Fsp3) is 0.733. The van der Waals surface area contributed by atoms with Gasteiger partial charge in [-0.25, -0.2) is 0 Å². The van der Waals surface area contributed by atoms with Gasteiger partial charge in [0, 0.05) is 38.3 Å². The molecule has 1 atom stereocenters. The molecule has 1 aromatic rings. The maximum absolute atomic E-state index is 9.23. The van der Waals surface area contributed by atoms with Gasteiger partial charge in [0.2, 0.25) is 0 Å². The molecule has 1 saturated heterocycles. The fourth-order valence-electron chi connectivity index (χ4n) is 2.95. The third-order valence-corrected chi connectivity index (χ3v) is 3.91. The SMILES string of the molecule is Cc1ccc(CN2CCN(C(C)C)[C@H](CCO)C2)o1. The highest BCUT2D eigenvalue weighted by Crippen LogP contribution is 2.18. The summed E-state index contributed by atoms with van der Waals surface area (Å²) < 4.78 is 5.65. The second kappa shape index (κ2) is 6.55. The normalized spacial score (nSPS) is 22.3. The van der Waals surface area contributed by atoms with Gasteiger partial charge in [0.25, 0.3) is 0 Å².